The van der Waals surface area contributed by atoms with Crippen molar-refractivity contribution in [3.8, 4) is 22.8 Å². The molecule has 180 valence electrons. The Morgan fingerprint density at radius 1 is 0.833 bits per heavy atom. The number of aryl methyl sites for hydroxylation is 2. The maximum absolute atomic E-state index is 7.06. The highest BCUT2D eigenvalue weighted by Gasteiger charge is 2.36. The molecule has 0 N–H and O–H groups in total. The zero-order valence-corrected chi connectivity index (χ0v) is 22.0. The van der Waals surface area contributed by atoms with Crippen molar-refractivity contribution in [3.05, 3.63) is 77.5 Å². The Morgan fingerprint density at radius 3 is 2.31 bits per heavy atom. The molecule has 36 heavy (non-hydrogen) atoms. The molecule has 0 atom stereocenters. The van der Waals surface area contributed by atoms with Gasteiger partial charge in [0.2, 0.25) is 5.69 Å². The third kappa shape index (κ3) is 2.94. The van der Waals surface area contributed by atoms with E-state index in [1.54, 1.807) is 0 Å². The highest BCUT2D eigenvalue weighted by molar-refractivity contribution is 6.17. The summed E-state index contributed by atoms with van der Waals surface area (Å²) in [7, 11) is 2.18. The third-order valence-corrected chi connectivity index (χ3v) is 8.70. The minimum atomic E-state index is -0.0623. The summed E-state index contributed by atoms with van der Waals surface area (Å²) in [6, 6.07) is 20.4. The molecule has 1 fully saturated rings. The zero-order chi connectivity index (χ0) is 24.8. The van der Waals surface area contributed by atoms with Gasteiger partial charge < -0.3 is 4.74 Å². The maximum Gasteiger partial charge on any atom is 0.228 e. The van der Waals surface area contributed by atoms with E-state index >= 15 is 0 Å². The normalized spacial score (nSPS) is 15.6. The Hall–Kier alpha value is -3.39. The molecular formula is C34H34NO+. The highest BCUT2D eigenvalue weighted by atomic mass is 16.5. The van der Waals surface area contributed by atoms with E-state index in [2.05, 4.69) is 100 Å². The Bertz CT molecular complexity index is 1710. The molecule has 1 aliphatic heterocycles. The number of ether oxygens (including phenoxy) is 1. The molecule has 0 bridgehead atoms. The molecule has 0 saturated heterocycles. The molecule has 4 aromatic carbocycles. The van der Waals surface area contributed by atoms with Gasteiger partial charge >= 0.3 is 0 Å². The number of nitrogens with zero attached hydrogens (tertiary/aromatic N) is 1. The predicted molar refractivity (Wildman–Crippen MR) is 150 cm³/mol. The minimum absolute atomic E-state index is 0.0623. The summed E-state index contributed by atoms with van der Waals surface area (Å²) >= 11 is 0. The predicted octanol–water partition coefficient (Wildman–Crippen LogP) is 9.01. The van der Waals surface area contributed by atoms with Crippen LogP contribution >= 0.6 is 0 Å². The number of benzene rings is 4. The van der Waals surface area contributed by atoms with Gasteiger partial charge in [-0.1, -0.05) is 76.1 Å². The first-order chi connectivity index (χ1) is 17.3. The molecule has 7 rings (SSSR count). The van der Waals surface area contributed by atoms with E-state index in [0.29, 0.717) is 5.92 Å². The summed E-state index contributed by atoms with van der Waals surface area (Å²) in [5.41, 5.74) is 6.54. The van der Waals surface area contributed by atoms with Crippen LogP contribution in [-0.2, 0) is 12.5 Å². The Labute approximate surface area is 213 Å². The van der Waals surface area contributed by atoms with Crippen LogP contribution in [0.5, 0.6) is 11.5 Å². The van der Waals surface area contributed by atoms with Crippen molar-refractivity contribution in [1.82, 2.24) is 0 Å². The molecule has 0 unspecified atom stereocenters. The van der Waals surface area contributed by atoms with Crippen LogP contribution in [0.2, 0.25) is 0 Å². The number of rotatable bonds is 1. The second kappa shape index (κ2) is 7.56. The van der Waals surface area contributed by atoms with Crippen molar-refractivity contribution in [2.75, 3.05) is 0 Å². The lowest BCUT2D eigenvalue weighted by atomic mass is 9.78. The van der Waals surface area contributed by atoms with E-state index in [0.717, 1.165) is 11.5 Å². The number of fused-ring (bicyclic) bond motifs is 5. The van der Waals surface area contributed by atoms with Crippen molar-refractivity contribution in [2.24, 2.45) is 7.05 Å². The van der Waals surface area contributed by atoms with Crippen molar-refractivity contribution < 1.29 is 9.30 Å². The quantitative estimate of drug-likeness (QED) is 0.172. The summed E-state index contributed by atoms with van der Waals surface area (Å²) < 4.78 is 9.36. The SMILES string of the molecule is Cc1c2c(c(C(C)(C)C)c3ccccc13)Oc1cc3c(C4CCCC4)cccc3c3cc[n+](C)c-2c13. The van der Waals surface area contributed by atoms with Crippen LogP contribution in [0.15, 0.2) is 60.8 Å². The molecule has 5 aromatic rings. The highest BCUT2D eigenvalue weighted by Crippen LogP contribution is 2.54. The van der Waals surface area contributed by atoms with Gasteiger partial charge in [0.1, 0.15) is 18.5 Å². The molecule has 0 spiro atoms. The molecule has 2 aliphatic rings. The van der Waals surface area contributed by atoms with Crippen LogP contribution in [0.3, 0.4) is 0 Å². The molecular weight excluding hydrogens is 438 g/mol. The van der Waals surface area contributed by atoms with Gasteiger partial charge in [0.25, 0.3) is 0 Å². The lowest BCUT2D eigenvalue weighted by Crippen LogP contribution is -2.32. The lowest BCUT2D eigenvalue weighted by Gasteiger charge is -2.31. The molecule has 0 radical (unpaired) electrons. The van der Waals surface area contributed by atoms with Crippen molar-refractivity contribution in [1.29, 1.82) is 0 Å². The molecule has 2 heterocycles. The summed E-state index contributed by atoms with van der Waals surface area (Å²) in [5, 5.41) is 7.86. The fourth-order valence-electron chi connectivity index (χ4n) is 7.10. The average Bonchev–Trinajstić information content (AvgIpc) is 3.39. The van der Waals surface area contributed by atoms with Gasteiger partial charge in [0.05, 0.1) is 10.9 Å². The number of aromatic nitrogens is 1. The van der Waals surface area contributed by atoms with E-state index in [-0.39, 0.29) is 5.41 Å². The average molecular weight is 473 g/mol. The Kier molecular flexibility index (Phi) is 4.59. The van der Waals surface area contributed by atoms with Gasteiger partial charge in [0, 0.05) is 17.0 Å². The molecule has 2 heteroatoms. The molecule has 0 amide bonds. The molecule has 1 aromatic heterocycles. The number of pyridine rings is 1. The Balaban J connectivity index is 1.65. The van der Waals surface area contributed by atoms with Gasteiger partial charge in [-0.3, -0.25) is 0 Å². The monoisotopic (exact) mass is 472 g/mol. The minimum Gasteiger partial charge on any atom is -0.455 e. The van der Waals surface area contributed by atoms with E-state index in [1.165, 1.54) is 85.9 Å². The van der Waals surface area contributed by atoms with Crippen LogP contribution < -0.4 is 9.30 Å². The first kappa shape index (κ1) is 21.9. The largest absolute Gasteiger partial charge is 0.455 e. The molecule has 1 saturated carbocycles. The van der Waals surface area contributed by atoms with Crippen LogP contribution in [0.4, 0.5) is 0 Å². The topological polar surface area (TPSA) is 13.1 Å². The fourth-order valence-corrected chi connectivity index (χ4v) is 7.10. The van der Waals surface area contributed by atoms with E-state index in [9.17, 15) is 0 Å². The molecule has 2 nitrogen and oxygen atoms in total. The standard InChI is InChI=1S/C34H34NO/c1-20-22-13-8-9-14-26(22)31(34(2,3)4)33-29(20)32-30-25(17-18-35(32)5)24-16-10-15-23(21-11-6-7-12-21)27(24)19-28(30)36-33/h8-10,13-19,21H,6-7,11-12H2,1-5H3/q+1. The van der Waals surface area contributed by atoms with Crippen LogP contribution in [0.25, 0.3) is 43.6 Å². The van der Waals surface area contributed by atoms with Crippen LogP contribution in [0.1, 0.15) is 69.1 Å². The van der Waals surface area contributed by atoms with Crippen molar-refractivity contribution in [2.45, 2.75) is 64.7 Å². The van der Waals surface area contributed by atoms with E-state index < -0.39 is 0 Å². The van der Waals surface area contributed by atoms with E-state index in [4.69, 9.17) is 4.74 Å². The zero-order valence-electron chi connectivity index (χ0n) is 22.0. The summed E-state index contributed by atoms with van der Waals surface area (Å²) in [6.07, 6.45) is 7.51. The summed E-state index contributed by atoms with van der Waals surface area (Å²) in [5.74, 6) is 2.69. The maximum atomic E-state index is 7.06. The Morgan fingerprint density at radius 2 is 1.56 bits per heavy atom. The van der Waals surface area contributed by atoms with Crippen molar-refractivity contribution >= 4 is 32.3 Å². The summed E-state index contributed by atoms with van der Waals surface area (Å²) in [6.45, 7) is 9.19. The summed E-state index contributed by atoms with van der Waals surface area (Å²) in [4.78, 5) is 0. The first-order valence-corrected chi connectivity index (χ1v) is 13.5. The lowest BCUT2D eigenvalue weighted by molar-refractivity contribution is -0.659. The second-order valence-electron chi connectivity index (χ2n) is 12.0. The van der Waals surface area contributed by atoms with Gasteiger partial charge in [0.15, 0.2) is 6.20 Å². The second-order valence-corrected chi connectivity index (χ2v) is 12.0. The third-order valence-electron chi connectivity index (χ3n) is 8.70. The number of hydrogen-bond donors (Lipinski definition) is 0. The van der Waals surface area contributed by atoms with E-state index in [1.807, 2.05) is 0 Å². The number of hydrogen-bond acceptors (Lipinski definition) is 1. The van der Waals surface area contributed by atoms with Gasteiger partial charge in [-0.05, 0) is 69.8 Å². The van der Waals surface area contributed by atoms with Gasteiger partial charge in [-0.15, -0.1) is 0 Å². The van der Waals surface area contributed by atoms with Crippen molar-refractivity contribution in [3.63, 3.8) is 0 Å². The smallest absolute Gasteiger partial charge is 0.228 e. The fraction of sp³-hybridized carbons (Fsp3) is 0.324. The molecule has 1 aliphatic carbocycles. The first-order valence-electron chi connectivity index (χ1n) is 13.5. The van der Waals surface area contributed by atoms with Gasteiger partial charge in [-0.2, -0.15) is 0 Å². The van der Waals surface area contributed by atoms with Crippen LogP contribution in [0, 0.1) is 6.92 Å². The van der Waals surface area contributed by atoms with Gasteiger partial charge in [-0.25, -0.2) is 4.57 Å². The van der Waals surface area contributed by atoms with Crippen LogP contribution in [-0.4, -0.2) is 0 Å².